The van der Waals surface area contributed by atoms with E-state index in [2.05, 4.69) is 10.3 Å². The van der Waals surface area contributed by atoms with Crippen molar-refractivity contribution in [3.63, 3.8) is 0 Å². The highest BCUT2D eigenvalue weighted by Gasteiger charge is 2.38. The molecule has 1 fully saturated rings. The predicted molar refractivity (Wildman–Crippen MR) is 73.5 cm³/mol. The molecule has 0 aliphatic carbocycles. The maximum absolute atomic E-state index is 10.8. The molecule has 0 bridgehead atoms. The molecule has 116 valence electrons. The van der Waals surface area contributed by atoms with E-state index in [1.807, 2.05) is 17.7 Å². The molecule has 9 heteroatoms. The van der Waals surface area contributed by atoms with Crippen LogP contribution in [0.5, 0.6) is 0 Å². The van der Waals surface area contributed by atoms with E-state index in [0.717, 1.165) is 12.0 Å². The van der Waals surface area contributed by atoms with Crippen LogP contribution in [0.15, 0.2) is 24.4 Å². The average molecular weight is 297 g/mol. The number of nitrogens with one attached hydrogen (secondary N) is 1. The fraction of sp³-hybridized carbons (Fsp3) is 0.583. The van der Waals surface area contributed by atoms with Gasteiger partial charge in [-0.05, 0) is 6.92 Å². The van der Waals surface area contributed by atoms with E-state index < -0.39 is 10.7 Å². The summed E-state index contributed by atoms with van der Waals surface area (Å²) in [6.45, 7) is 2.98. The van der Waals surface area contributed by atoms with Gasteiger partial charge in [0, 0.05) is 26.6 Å². The van der Waals surface area contributed by atoms with Gasteiger partial charge in [0.2, 0.25) is 5.79 Å². The lowest BCUT2D eigenvalue weighted by molar-refractivity contribution is -0.405. The predicted octanol–water partition coefficient (Wildman–Crippen LogP) is 0.119. The summed E-state index contributed by atoms with van der Waals surface area (Å²) in [5.41, 5.74) is 0. The molecule has 1 saturated heterocycles. The first-order chi connectivity index (χ1) is 9.99. The lowest BCUT2D eigenvalue weighted by Crippen LogP contribution is -2.59. The van der Waals surface area contributed by atoms with Crippen molar-refractivity contribution in [2.75, 3.05) is 27.3 Å². The number of hydrogen-bond acceptors (Lipinski definition) is 7. The number of imidazole rings is 1. The molecule has 0 amide bonds. The fourth-order valence-electron chi connectivity index (χ4n) is 2.22. The standard InChI is InChI=1S/C12H19N5O4/c1-10-13-4-5-15(10)9-16-8-12(20-2,21-3)7-14-11(16)6-17(18)19/h4-6,14H,7-9H2,1-3H3/b11-6+. The quantitative estimate of drug-likeness (QED) is 0.468. The van der Waals surface area contributed by atoms with Crippen LogP contribution in [-0.4, -0.2) is 52.5 Å². The van der Waals surface area contributed by atoms with Crippen LogP contribution in [0.3, 0.4) is 0 Å². The zero-order chi connectivity index (χ0) is 15.5. The Bertz CT molecular complexity index is 538. The molecule has 9 nitrogen and oxygen atoms in total. The number of hydrogen-bond donors (Lipinski definition) is 1. The zero-order valence-electron chi connectivity index (χ0n) is 12.3. The molecule has 1 aliphatic heterocycles. The van der Waals surface area contributed by atoms with Crippen molar-refractivity contribution in [1.29, 1.82) is 0 Å². The molecule has 0 spiro atoms. The van der Waals surface area contributed by atoms with Crippen LogP contribution in [0, 0.1) is 17.0 Å². The molecule has 1 aromatic heterocycles. The summed E-state index contributed by atoms with van der Waals surface area (Å²) < 4.78 is 12.7. The minimum atomic E-state index is -0.845. The summed E-state index contributed by atoms with van der Waals surface area (Å²) in [6.07, 6.45) is 4.44. The lowest BCUT2D eigenvalue weighted by Gasteiger charge is -2.42. The number of aryl methyl sites for hydroxylation is 1. The highest BCUT2D eigenvalue weighted by atomic mass is 16.7. The molecule has 0 atom stereocenters. The van der Waals surface area contributed by atoms with Crippen LogP contribution in [0.25, 0.3) is 0 Å². The number of methoxy groups -OCH3 is 2. The minimum Gasteiger partial charge on any atom is -0.361 e. The topological polar surface area (TPSA) is 94.7 Å². The van der Waals surface area contributed by atoms with Gasteiger partial charge in [0.05, 0.1) is 24.7 Å². The third kappa shape index (κ3) is 3.31. The van der Waals surface area contributed by atoms with E-state index in [1.54, 1.807) is 25.3 Å². The summed E-state index contributed by atoms with van der Waals surface area (Å²) >= 11 is 0. The second kappa shape index (κ2) is 6.10. The van der Waals surface area contributed by atoms with Crippen LogP contribution in [0.2, 0.25) is 0 Å². The van der Waals surface area contributed by atoms with E-state index in [9.17, 15) is 10.1 Å². The first-order valence-electron chi connectivity index (χ1n) is 6.42. The number of aromatic nitrogens is 2. The van der Waals surface area contributed by atoms with Crippen LogP contribution in [-0.2, 0) is 16.1 Å². The van der Waals surface area contributed by atoms with E-state index in [-0.39, 0.29) is 0 Å². The highest BCUT2D eigenvalue weighted by molar-refractivity contribution is 5.03. The fourth-order valence-corrected chi connectivity index (χ4v) is 2.22. The largest absolute Gasteiger partial charge is 0.361 e. The minimum absolute atomic E-state index is 0.332. The van der Waals surface area contributed by atoms with E-state index >= 15 is 0 Å². The smallest absolute Gasteiger partial charge is 0.274 e. The van der Waals surface area contributed by atoms with Crippen LogP contribution in [0.4, 0.5) is 0 Å². The van der Waals surface area contributed by atoms with Crippen molar-refractivity contribution in [2.24, 2.45) is 0 Å². The van der Waals surface area contributed by atoms with Gasteiger partial charge in [-0.25, -0.2) is 4.98 Å². The van der Waals surface area contributed by atoms with E-state index in [1.165, 1.54) is 0 Å². The number of nitro groups is 1. The van der Waals surface area contributed by atoms with Crippen molar-refractivity contribution in [3.05, 3.63) is 40.4 Å². The summed E-state index contributed by atoms with van der Waals surface area (Å²) in [6, 6.07) is 0. The zero-order valence-corrected chi connectivity index (χ0v) is 12.3. The maximum Gasteiger partial charge on any atom is 0.274 e. The van der Waals surface area contributed by atoms with Crippen LogP contribution < -0.4 is 5.32 Å². The maximum atomic E-state index is 10.8. The third-order valence-electron chi connectivity index (χ3n) is 3.53. The molecular formula is C12H19N5O4. The Balaban J connectivity index is 2.24. The number of rotatable bonds is 5. The Morgan fingerprint density at radius 2 is 2.29 bits per heavy atom. The normalized spacial score (nSPS) is 19.6. The van der Waals surface area contributed by atoms with Gasteiger partial charge in [0.15, 0.2) is 5.82 Å². The second-order valence-corrected chi connectivity index (χ2v) is 4.76. The monoisotopic (exact) mass is 297 g/mol. The van der Waals surface area contributed by atoms with Crippen LogP contribution in [0.1, 0.15) is 5.82 Å². The van der Waals surface area contributed by atoms with Gasteiger partial charge in [-0.2, -0.15) is 0 Å². The first kappa shape index (κ1) is 15.3. The van der Waals surface area contributed by atoms with Gasteiger partial charge >= 0.3 is 0 Å². The van der Waals surface area contributed by atoms with Gasteiger partial charge < -0.3 is 24.3 Å². The molecule has 0 saturated carbocycles. The van der Waals surface area contributed by atoms with Gasteiger partial charge in [-0.1, -0.05) is 0 Å². The SMILES string of the molecule is COC1(OC)CN/C(=C\[N+](=O)[O-])N(Cn2ccnc2C)C1. The third-order valence-corrected chi connectivity index (χ3v) is 3.53. The van der Waals surface area contributed by atoms with Crippen molar-refractivity contribution < 1.29 is 14.4 Å². The Morgan fingerprint density at radius 1 is 1.57 bits per heavy atom. The second-order valence-electron chi connectivity index (χ2n) is 4.76. The molecule has 0 aromatic carbocycles. The molecule has 1 aliphatic rings. The summed E-state index contributed by atoms with van der Waals surface area (Å²) in [4.78, 5) is 16.2. The Labute approximate surface area is 122 Å². The summed E-state index contributed by atoms with van der Waals surface area (Å²) in [7, 11) is 3.10. The van der Waals surface area contributed by atoms with Gasteiger partial charge in [-0.15, -0.1) is 0 Å². The molecular weight excluding hydrogens is 278 g/mol. The Hall–Kier alpha value is -2.13. The molecule has 2 rings (SSSR count). The molecule has 0 unspecified atom stereocenters. The first-order valence-corrected chi connectivity index (χ1v) is 6.42. The van der Waals surface area contributed by atoms with Crippen molar-refractivity contribution in [2.45, 2.75) is 19.4 Å². The van der Waals surface area contributed by atoms with Crippen molar-refractivity contribution in [1.82, 2.24) is 19.8 Å². The molecule has 21 heavy (non-hydrogen) atoms. The van der Waals surface area contributed by atoms with E-state index in [0.29, 0.717) is 25.6 Å². The van der Waals surface area contributed by atoms with Crippen molar-refractivity contribution >= 4 is 0 Å². The van der Waals surface area contributed by atoms with Crippen LogP contribution >= 0.6 is 0 Å². The molecule has 0 radical (unpaired) electrons. The summed E-state index contributed by atoms with van der Waals surface area (Å²) in [5.74, 6) is 0.391. The van der Waals surface area contributed by atoms with Crippen molar-refractivity contribution in [3.8, 4) is 0 Å². The summed E-state index contributed by atoms with van der Waals surface area (Å²) in [5, 5.41) is 13.8. The average Bonchev–Trinajstić information content (AvgIpc) is 2.86. The molecule has 1 aromatic rings. The highest BCUT2D eigenvalue weighted by Crippen LogP contribution is 2.21. The Kier molecular flexibility index (Phi) is 4.43. The molecule has 2 heterocycles. The Morgan fingerprint density at radius 3 is 2.81 bits per heavy atom. The molecule has 1 N–H and O–H groups in total. The van der Waals surface area contributed by atoms with Gasteiger partial charge in [0.25, 0.3) is 6.20 Å². The van der Waals surface area contributed by atoms with E-state index in [4.69, 9.17) is 9.47 Å². The number of nitrogens with zero attached hydrogens (tertiary/aromatic N) is 4. The lowest BCUT2D eigenvalue weighted by atomic mass is 10.2. The van der Waals surface area contributed by atoms with Gasteiger partial charge in [-0.3, -0.25) is 10.1 Å². The van der Waals surface area contributed by atoms with Gasteiger partial charge in [0.1, 0.15) is 5.82 Å². The number of ether oxygens (including phenoxy) is 2.